The third kappa shape index (κ3) is 4.55. The van der Waals surface area contributed by atoms with Crippen molar-refractivity contribution in [3.63, 3.8) is 0 Å². The smallest absolute Gasteiger partial charge is 0.238 e. The first kappa shape index (κ1) is 20.4. The van der Waals surface area contributed by atoms with Crippen LogP contribution in [0.15, 0.2) is 49.1 Å². The lowest BCUT2D eigenvalue weighted by Gasteiger charge is -2.25. The van der Waals surface area contributed by atoms with E-state index in [4.69, 9.17) is 21.1 Å². The van der Waals surface area contributed by atoms with Crippen molar-refractivity contribution in [2.45, 2.75) is 12.3 Å². The average Bonchev–Trinajstić information content (AvgIpc) is 3.03. The van der Waals surface area contributed by atoms with Gasteiger partial charge in [-0.3, -0.25) is 9.69 Å². The monoisotopic (exact) mass is 515 g/mol. The molecule has 2 aromatic rings. The molecule has 1 aliphatic rings. The molecule has 1 amide bonds. The van der Waals surface area contributed by atoms with Crippen LogP contribution in [-0.4, -0.2) is 24.9 Å². The van der Waals surface area contributed by atoms with E-state index in [1.54, 1.807) is 30.0 Å². The summed E-state index contributed by atoms with van der Waals surface area (Å²) in [5.74, 6) is 1.89. The van der Waals surface area contributed by atoms with E-state index < -0.39 is 0 Å². The molecule has 1 atom stereocenters. The van der Waals surface area contributed by atoms with Crippen LogP contribution >= 0.6 is 46.0 Å². The number of hydrogen-bond donors (Lipinski definition) is 0. The molecule has 0 aliphatic carbocycles. The molecule has 0 bridgehead atoms. The van der Waals surface area contributed by atoms with Crippen LogP contribution in [0.1, 0.15) is 17.9 Å². The van der Waals surface area contributed by atoms with Gasteiger partial charge in [0, 0.05) is 10.7 Å². The summed E-state index contributed by atoms with van der Waals surface area (Å²) in [5, 5.41) is 0.520. The Hall–Kier alpha value is -1.38. The molecule has 0 unspecified atom stereocenters. The zero-order chi connectivity index (χ0) is 19.4. The molecule has 1 fully saturated rings. The highest BCUT2D eigenvalue weighted by molar-refractivity contribution is 14.1. The van der Waals surface area contributed by atoms with Gasteiger partial charge in [-0.2, -0.15) is 0 Å². The summed E-state index contributed by atoms with van der Waals surface area (Å²) in [6.45, 7) is 6.56. The molecule has 4 nitrogen and oxygen atoms in total. The molecule has 1 heterocycles. The van der Waals surface area contributed by atoms with Gasteiger partial charge in [-0.1, -0.05) is 24.3 Å². The lowest BCUT2D eigenvalue weighted by atomic mass is 10.1. The van der Waals surface area contributed by atoms with E-state index in [0.717, 1.165) is 14.8 Å². The van der Waals surface area contributed by atoms with Crippen LogP contribution in [0.25, 0.3) is 0 Å². The molecule has 0 aromatic heterocycles. The summed E-state index contributed by atoms with van der Waals surface area (Å²) in [5.41, 5.74) is 1.83. The third-order valence-electron chi connectivity index (χ3n) is 3.94. The van der Waals surface area contributed by atoms with Crippen molar-refractivity contribution >= 4 is 57.5 Å². The molecule has 27 heavy (non-hydrogen) atoms. The molecule has 0 spiro atoms. The van der Waals surface area contributed by atoms with Crippen LogP contribution < -0.4 is 14.4 Å². The van der Waals surface area contributed by atoms with E-state index in [0.29, 0.717) is 35.5 Å². The molecular weight excluding hydrogens is 497 g/mol. The van der Waals surface area contributed by atoms with Crippen molar-refractivity contribution in [2.75, 3.05) is 23.9 Å². The number of benzene rings is 2. The van der Waals surface area contributed by atoms with Crippen LogP contribution in [0.5, 0.6) is 11.5 Å². The van der Waals surface area contributed by atoms with Gasteiger partial charge < -0.3 is 9.47 Å². The summed E-state index contributed by atoms with van der Waals surface area (Å²) in [4.78, 5) is 14.4. The van der Waals surface area contributed by atoms with Crippen molar-refractivity contribution < 1.29 is 14.3 Å². The zero-order valence-electron chi connectivity index (χ0n) is 14.8. The van der Waals surface area contributed by atoms with Gasteiger partial charge in [0.25, 0.3) is 0 Å². The van der Waals surface area contributed by atoms with Gasteiger partial charge in [-0.15, -0.1) is 11.8 Å². The van der Waals surface area contributed by atoms with Gasteiger partial charge in [0.05, 0.1) is 15.9 Å². The Kier molecular flexibility index (Phi) is 6.94. The number of ether oxygens (including phenoxy) is 2. The maximum atomic E-state index is 12.6. The Morgan fingerprint density at radius 1 is 1.33 bits per heavy atom. The van der Waals surface area contributed by atoms with Crippen LogP contribution in [0.2, 0.25) is 5.02 Å². The zero-order valence-corrected chi connectivity index (χ0v) is 18.5. The van der Waals surface area contributed by atoms with E-state index in [-0.39, 0.29) is 11.3 Å². The largest absolute Gasteiger partial charge is 0.490 e. The number of hydrogen-bond acceptors (Lipinski definition) is 4. The summed E-state index contributed by atoms with van der Waals surface area (Å²) in [6.07, 6.45) is 1.70. The van der Waals surface area contributed by atoms with E-state index in [2.05, 4.69) is 29.2 Å². The molecular formula is C20H19ClINO3S. The molecule has 3 rings (SSSR count). The Morgan fingerprint density at radius 3 is 2.74 bits per heavy atom. The molecule has 1 saturated heterocycles. The number of thioether (sulfide) groups is 1. The summed E-state index contributed by atoms with van der Waals surface area (Å²) < 4.78 is 12.5. The Morgan fingerprint density at radius 2 is 2.07 bits per heavy atom. The minimum Gasteiger partial charge on any atom is -0.490 e. The number of anilines is 1. The molecule has 0 radical (unpaired) electrons. The Balaban J connectivity index is 1.99. The number of halogens is 2. The second-order valence-corrected chi connectivity index (χ2v) is 8.43. The number of carbonyl (C=O) groups is 1. The SMILES string of the molecule is C=CCOc1c(I)cc([C@@H]2SCC(=O)N2c2ccc(Cl)cc2)cc1OCC. The number of amides is 1. The standard InChI is InChI=1S/C20H19ClINO3S/c1-3-9-26-19-16(22)10-13(11-17(19)25-4-2)20-23(18(24)12-27-20)15-7-5-14(21)6-8-15/h3,5-8,10-11,20H,1,4,9,12H2,2H3/t20-/m0/s1. The molecule has 142 valence electrons. The second-order valence-electron chi connectivity index (χ2n) is 5.77. The maximum Gasteiger partial charge on any atom is 0.238 e. The van der Waals surface area contributed by atoms with E-state index in [9.17, 15) is 4.79 Å². The maximum absolute atomic E-state index is 12.6. The molecule has 0 saturated carbocycles. The first-order chi connectivity index (χ1) is 13.0. The topological polar surface area (TPSA) is 38.8 Å². The molecule has 7 heteroatoms. The lowest BCUT2D eigenvalue weighted by molar-refractivity contribution is -0.115. The molecule has 2 aromatic carbocycles. The van der Waals surface area contributed by atoms with Gasteiger partial charge in [-0.05, 0) is 71.5 Å². The first-order valence-electron chi connectivity index (χ1n) is 8.44. The number of rotatable bonds is 7. The van der Waals surface area contributed by atoms with Crippen LogP contribution in [0.3, 0.4) is 0 Å². The predicted octanol–water partition coefficient (Wildman–Crippen LogP) is 5.69. The van der Waals surface area contributed by atoms with Crippen molar-refractivity contribution in [2.24, 2.45) is 0 Å². The summed E-state index contributed by atoms with van der Waals surface area (Å²) in [6, 6.07) is 11.3. The van der Waals surface area contributed by atoms with Crippen molar-refractivity contribution in [3.05, 3.63) is 63.2 Å². The van der Waals surface area contributed by atoms with Gasteiger partial charge >= 0.3 is 0 Å². The number of carbonyl (C=O) groups excluding carboxylic acids is 1. The van der Waals surface area contributed by atoms with Crippen molar-refractivity contribution in [1.29, 1.82) is 0 Å². The number of nitrogens with zero attached hydrogens (tertiary/aromatic N) is 1. The Bertz CT molecular complexity index is 844. The highest BCUT2D eigenvalue weighted by atomic mass is 127. The lowest BCUT2D eigenvalue weighted by Crippen LogP contribution is -2.27. The van der Waals surface area contributed by atoms with Gasteiger partial charge in [0.2, 0.25) is 5.91 Å². The molecule has 1 aliphatic heterocycles. The first-order valence-corrected chi connectivity index (χ1v) is 10.9. The quantitative estimate of drug-likeness (QED) is 0.351. The summed E-state index contributed by atoms with van der Waals surface area (Å²) in [7, 11) is 0. The predicted molar refractivity (Wildman–Crippen MR) is 120 cm³/mol. The van der Waals surface area contributed by atoms with E-state index >= 15 is 0 Å². The fourth-order valence-corrected chi connectivity index (χ4v) is 4.89. The van der Waals surface area contributed by atoms with Crippen molar-refractivity contribution in [1.82, 2.24) is 0 Å². The van der Waals surface area contributed by atoms with E-state index in [1.165, 1.54) is 0 Å². The fraction of sp³-hybridized carbons (Fsp3) is 0.250. The average molecular weight is 516 g/mol. The minimum absolute atomic E-state index is 0.0762. The van der Waals surface area contributed by atoms with Gasteiger partial charge in [-0.25, -0.2) is 0 Å². The van der Waals surface area contributed by atoms with E-state index in [1.807, 2.05) is 36.1 Å². The highest BCUT2D eigenvalue weighted by Gasteiger charge is 2.35. The minimum atomic E-state index is -0.125. The second kappa shape index (κ2) is 9.21. The highest BCUT2D eigenvalue weighted by Crippen LogP contribution is 2.45. The summed E-state index contributed by atoms with van der Waals surface area (Å²) >= 11 is 9.83. The van der Waals surface area contributed by atoms with Crippen LogP contribution in [0, 0.1) is 3.57 Å². The normalized spacial score (nSPS) is 16.5. The van der Waals surface area contributed by atoms with Crippen LogP contribution in [-0.2, 0) is 4.79 Å². The Labute approximate surface area is 182 Å². The third-order valence-corrected chi connectivity index (χ3v) is 6.20. The van der Waals surface area contributed by atoms with Crippen LogP contribution in [0.4, 0.5) is 5.69 Å². The van der Waals surface area contributed by atoms with Gasteiger partial charge in [0.1, 0.15) is 12.0 Å². The fourth-order valence-electron chi connectivity index (χ4n) is 2.83. The van der Waals surface area contributed by atoms with Gasteiger partial charge in [0.15, 0.2) is 11.5 Å². The molecule has 0 N–H and O–H groups in total. The van der Waals surface area contributed by atoms with Crippen molar-refractivity contribution in [3.8, 4) is 11.5 Å².